The van der Waals surface area contributed by atoms with Gasteiger partial charge >= 0.3 is 6.18 Å². The van der Waals surface area contributed by atoms with E-state index in [1.165, 1.54) is 32.4 Å². The molecule has 2 rings (SSSR count). The monoisotopic (exact) mass is 300 g/mol. The molecule has 0 radical (unpaired) electrons. The van der Waals surface area contributed by atoms with Crippen molar-refractivity contribution in [2.75, 3.05) is 19.4 Å². The fourth-order valence-electron chi connectivity index (χ4n) is 1.51. The number of carbonyl (C=O) groups is 1. The molecule has 0 aliphatic heterocycles. The van der Waals surface area contributed by atoms with Crippen molar-refractivity contribution in [1.82, 2.24) is 25.1 Å². The molecule has 21 heavy (non-hydrogen) atoms. The van der Waals surface area contributed by atoms with Crippen LogP contribution < -0.4 is 10.6 Å². The molecular formula is C11H11F3N6O. The minimum atomic E-state index is -4.68. The Bertz CT molecular complexity index is 666. The highest BCUT2D eigenvalue weighted by molar-refractivity contribution is 5.91. The zero-order valence-electron chi connectivity index (χ0n) is 11.1. The zero-order chi connectivity index (χ0) is 15.6. The molecule has 112 valence electrons. The van der Waals surface area contributed by atoms with E-state index in [0.29, 0.717) is 0 Å². The van der Waals surface area contributed by atoms with E-state index in [0.717, 1.165) is 4.68 Å². The molecule has 0 aliphatic rings. The summed E-state index contributed by atoms with van der Waals surface area (Å²) < 4.78 is 39.3. The standard InChI is InChI=1S/C11H11F3N6O/c1-15-7-5-8(18-10(17-7)11(12,13)14)20-4-3-6(19-20)9(21)16-2/h3-5H,1-2H3,(H,16,21)(H,15,17,18). The van der Waals surface area contributed by atoms with Gasteiger partial charge in [-0.2, -0.15) is 18.3 Å². The van der Waals surface area contributed by atoms with Crippen molar-refractivity contribution in [3.05, 3.63) is 29.8 Å². The molecule has 0 unspecified atom stereocenters. The van der Waals surface area contributed by atoms with Gasteiger partial charge in [0.05, 0.1) is 0 Å². The third-order valence-corrected chi connectivity index (χ3v) is 2.51. The van der Waals surface area contributed by atoms with E-state index >= 15 is 0 Å². The summed E-state index contributed by atoms with van der Waals surface area (Å²) in [5.41, 5.74) is 0.0654. The molecule has 0 aliphatic carbocycles. The number of carbonyl (C=O) groups excluding carboxylic acids is 1. The lowest BCUT2D eigenvalue weighted by molar-refractivity contribution is -0.144. The maximum Gasteiger partial charge on any atom is 0.451 e. The van der Waals surface area contributed by atoms with Gasteiger partial charge in [0.2, 0.25) is 5.82 Å². The molecule has 0 bridgehead atoms. The van der Waals surface area contributed by atoms with E-state index < -0.39 is 17.9 Å². The highest BCUT2D eigenvalue weighted by Crippen LogP contribution is 2.27. The molecule has 2 heterocycles. The van der Waals surface area contributed by atoms with Crippen molar-refractivity contribution in [2.24, 2.45) is 0 Å². The second-order valence-corrected chi connectivity index (χ2v) is 3.91. The molecule has 0 fully saturated rings. The van der Waals surface area contributed by atoms with Crippen LogP contribution in [0, 0.1) is 0 Å². The van der Waals surface area contributed by atoms with Crippen LogP contribution in [0.1, 0.15) is 16.3 Å². The average molecular weight is 300 g/mol. The summed E-state index contributed by atoms with van der Waals surface area (Å²) in [6, 6.07) is 2.66. The summed E-state index contributed by atoms with van der Waals surface area (Å²) in [5.74, 6) is -1.85. The average Bonchev–Trinajstić information content (AvgIpc) is 2.94. The Labute approximate surface area is 117 Å². The van der Waals surface area contributed by atoms with Crippen molar-refractivity contribution in [2.45, 2.75) is 6.18 Å². The molecule has 0 atom stereocenters. The molecule has 7 nitrogen and oxygen atoms in total. The number of hydrogen-bond donors (Lipinski definition) is 2. The Morgan fingerprint density at radius 1 is 1.29 bits per heavy atom. The molecule has 1 amide bonds. The predicted molar refractivity (Wildman–Crippen MR) is 67.1 cm³/mol. The number of amides is 1. The van der Waals surface area contributed by atoms with Crippen molar-refractivity contribution < 1.29 is 18.0 Å². The Morgan fingerprint density at radius 3 is 2.57 bits per heavy atom. The molecular weight excluding hydrogens is 289 g/mol. The Hall–Kier alpha value is -2.65. The van der Waals surface area contributed by atoms with Gasteiger partial charge < -0.3 is 10.6 Å². The van der Waals surface area contributed by atoms with Gasteiger partial charge in [0.25, 0.3) is 5.91 Å². The number of hydrogen-bond acceptors (Lipinski definition) is 5. The molecule has 2 aromatic heterocycles. The molecule has 0 spiro atoms. The van der Waals surface area contributed by atoms with E-state index in [1.54, 1.807) is 0 Å². The highest BCUT2D eigenvalue weighted by Gasteiger charge is 2.35. The van der Waals surface area contributed by atoms with Crippen LogP contribution in [0.4, 0.5) is 19.0 Å². The molecule has 0 aromatic carbocycles. The van der Waals surface area contributed by atoms with Crippen molar-refractivity contribution in [3.8, 4) is 5.82 Å². The summed E-state index contributed by atoms with van der Waals surface area (Å²) in [5, 5.41) is 8.75. The minimum Gasteiger partial charge on any atom is -0.373 e. The fourth-order valence-corrected chi connectivity index (χ4v) is 1.51. The van der Waals surface area contributed by atoms with Gasteiger partial charge in [0.15, 0.2) is 11.5 Å². The molecule has 2 N–H and O–H groups in total. The SMILES string of the molecule is CNC(=O)c1ccn(-c2cc(NC)nc(C(F)(F)F)n2)n1. The van der Waals surface area contributed by atoms with Gasteiger partial charge in [-0.05, 0) is 6.07 Å². The molecule has 10 heteroatoms. The first-order valence-electron chi connectivity index (χ1n) is 5.77. The van der Waals surface area contributed by atoms with Crippen LogP contribution in [-0.4, -0.2) is 39.8 Å². The number of rotatable bonds is 3. The van der Waals surface area contributed by atoms with Gasteiger partial charge in [0.1, 0.15) is 5.82 Å². The van der Waals surface area contributed by atoms with Crippen molar-refractivity contribution >= 4 is 11.7 Å². The lowest BCUT2D eigenvalue weighted by Crippen LogP contribution is -2.19. The predicted octanol–water partition coefficient (Wildman–Crippen LogP) is 1.08. The summed E-state index contributed by atoms with van der Waals surface area (Å²) in [7, 11) is 2.86. The maximum atomic E-state index is 12.7. The van der Waals surface area contributed by atoms with Gasteiger partial charge in [-0.15, -0.1) is 0 Å². The second kappa shape index (κ2) is 5.38. The Morgan fingerprint density at radius 2 is 2.00 bits per heavy atom. The van der Waals surface area contributed by atoms with Gasteiger partial charge in [-0.1, -0.05) is 0 Å². The van der Waals surface area contributed by atoms with E-state index in [4.69, 9.17) is 0 Å². The first-order chi connectivity index (χ1) is 9.85. The van der Waals surface area contributed by atoms with Crippen LogP contribution in [-0.2, 0) is 6.18 Å². The van der Waals surface area contributed by atoms with E-state index in [2.05, 4.69) is 25.7 Å². The highest BCUT2D eigenvalue weighted by atomic mass is 19.4. The maximum absolute atomic E-state index is 12.7. The van der Waals surface area contributed by atoms with Gasteiger partial charge in [-0.3, -0.25) is 4.79 Å². The van der Waals surface area contributed by atoms with Gasteiger partial charge in [0, 0.05) is 26.4 Å². The smallest absolute Gasteiger partial charge is 0.373 e. The van der Waals surface area contributed by atoms with Gasteiger partial charge in [-0.25, -0.2) is 14.6 Å². The number of alkyl halides is 3. The first kappa shape index (κ1) is 14.8. The van der Waals surface area contributed by atoms with Crippen LogP contribution in [0.5, 0.6) is 0 Å². The van der Waals surface area contributed by atoms with Crippen LogP contribution in [0.15, 0.2) is 18.3 Å². The minimum absolute atomic E-state index is 0.00989. The largest absolute Gasteiger partial charge is 0.451 e. The number of aromatic nitrogens is 4. The first-order valence-corrected chi connectivity index (χ1v) is 5.77. The van der Waals surface area contributed by atoms with E-state index in [1.807, 2.05) is 0 Å². The normalized spacial score (nSPS) is 11.3. The van der Waals surface area contributed by atoms with Crippen LogP contribution >= 0.6 is 0 Å². The van der Waals surface area contributed by atoms with Crippen LogP contribution in [0.25, 0.3) is 5.82 Å². The molecule has 0 saturated carbocycles. The van der Waals surface area contributed by atoms with Crippen molar-refractivity contribution in [3.63, 3.8) is 0 Å². The lowest BCUT2D eigenvalue weighted by atomic mass is 10.4. The number of anilines is 1. The number of nitrogens with zero attached hydrogens (tertiary/aromatic N) is 4. The summed E-state index contributed by atoms with van der Waals surface area (Å²) in [4.78, 5) is 18.1. The summed E-state index contributed by atoms with van der Waals surface area (Å²) in [6.45, 7) is 0. The number of halogens is 3. The third-order valence-electron chi connectivity index (χ3n) is 2.51. The Kier molecular flexibility index (Phi) is 3.78. The fraction of sp³-hybridized carbons (Fsp3) is 0.273. The summed E-state index contributed by atoms with van der Waals surface area (Å²) in [6.07, 6.45) is -3.34. The third kappa shape index (κ3) is 3.09. The topological polar surface area (TPSA) is 84.7 Å². The molecule has 2 aromatic rings. The zero-order valence-corrected chi connectivity index (χ0v) is 11.1. The van der Waals surface area contributed by atoms with Crippen molar-refractivity contribution in [1.29, 1.82) is 0 Å². The van der Waals surface area contributed by atoms with E-state index in [9.17, 15) is 18.0 Å². The quantitative estimate of drug-likeness (QED) is 0.886. The Balaban J connectivity index is 2.48. The molecule has 0 saturated heterocycles. The van der Waals surface area contributed by atoms with Crippen LogP contribution in [0.2, 0.25) is 0 Å². The second-order valence-electron chi connectivity index (χ2n) is 3.91. The lowest BCUT2D eigenvalue weighted by Gasteiger charge is -2.09. The number of nitrogens with one attached hydrogen (secondary N) is 2. The van der Waals surface area contributed by atoms with Crippen LogP contribution in [0.3, 0.4) is 0 Å². The van der Waals surface area contributed by atoms with E-state index in [-0.39, 0.29) is 17.3 Å². The summed E-state index contributed by atoms with van der Waals surface area (Å²) >= 11 is 0.